The monoisotopic (exact) mass is 270 g/mol. The molecule has 0 aromatic carbocycles. The number of hydrogen-bond donors (Lipinski definition) is 3. The van der Waals surface area contributed by atoms with Gasteiger partial charge in [-0.3, -0.25) is 19.9 Å². The molecule has 0 radical (unpaired) electrons. The van der Waals surface area contributed by atoms with Crippen molar-refractivity contribution in [1.82, 2.24) is 10.6 Å². The molecule has 19 heavy (non-hydrogen) atoms. The summed E-state index contributed by atoms with van der Waals surface area (Å²) in [4.78, 5) is 26.1. The maximum absolute atomic E-state index is 11.2. The van der Waals surface area contributed by atoms with Crippen molar-refractivity contribution >= 4 is 18.3 Å². The van der Waals surface area contributed by atoms with Gasteiger partial charge in [0, 0.05) is 19.5 Å². The summed E-state index contributed by atoms with van der Waals surface area (Å²) in [7, 11) is 0. The van der Waals surface area contributed by atoms with Crippen LogP contribution in [0.4, 0.5) is 0 Å². The van der Waals surface area contributed by atoms with Crippen LogP contribution in [0, 0.1) is 5.41 Å². The van der Waals surface area contributed by atoms with Crippen LogP contribution in [0.5, 0.6) is 0 Å². The SMILES string of the molecule is CCCC(CC)(CN=C(NC=O)NCC)CC(N)=O. The number of primary amides is 1. The lowest BCUT2D eigenvalue weighted by Crippen LogP contribution is -2.38. The zero-order valence-electron chi connectivity index (χ0n) is 12.2. The zero-order valence-corrected chi connectivity index (χ0v) is 12.2. The van der Waals surface area contributed by atoms with Gasteiger partial charge in [0.25, 0.3) is 0 Å². The molecule has 0 rings (SSSR count). The Balaban J connectivity index is 4.90. The van der Waals surface area contributed by atoms with Gasteiger partial charge in [0.05, 0.1) is 0 Å². The smallest absolute Gasteiger partial charge is 0.218 e. The van der Waals surface area contributed by atoms with E-state index in [1.54, 1.807) is 0 Å². The minimum absolute atomic E-state index is 0.216. The van der Waals surface area contributed by atoms with Gasteiger partial charge in [0.2, 0.25) is 12.3 Å². The zero-order chi connectivity index (χ0) is 14.7. The maximum Gasteiger partial charge on any atom is 0.218 e. The lowest BCUT2D eigenvalue weighted by atomic mass is 9.77. The van der Waals surface area contributed by atoms with E-state index in [0.717, 1.165) is 19.3 Å². The fourth-order valence-corrected chi connectivity index (χ4v) is 2.16. The third-order valence-electron chi connectivity index (χ3n) is 3.19. The molecule has 2 amide bonds. The van der Waals surface area contributed by atoms with Crippen LogP contribution in [-0.4, -0.2) is 31.4 Å². The first-order valence-electron chi connectivity index (χ1n) is 6.80. The van der Waals surface area contributed by atoms with E-state index in [1.165, 1.54) is 0 Å². The third-order valence-corrected chi connectivity index (χ3v) is 3.19. The van der Waals surface area contributed by atoms with Crippen molar-refractivity contribution in [2.75, 3.05) is 13.1 Å². The minimum Gasteiger partial charge on any atom is -0.370 e. The Morgan fingerprint density at radius 2 is 2.05 bits per heavy atom. The Kier molecular flexibility index (Phi) is 8.57. The van der Waals surface area contributed by atoms with Crippen molar-refractivity contribution in [2.45, 2.75) is 46.5 Å². The maximum atomic E-state index is 11.2. The highest BCUT2D eigenvalue weighted by molar-refractivity contribution is 5.88. The predicted octanol–water partition coefficient (Wildman–Crippen LogP) is 0.770. The summed E-state index contributed by atoms with van der Waals surface area (Å²) in [5.41, 5.74) is 5.12. The molecular formula is C13H26N4O2. The molecule has 0 aliphatic heterocycles. The summed E-state index contributed by atoms with van der Waals surface area (Å²) in [5.74, 6) is 0.134. The van der Waals surface area contributed by atoms with Gasteiger partial charge in [-0.1, -0.05) is 20.3 Å². The number of nitrogens with one attached hydrogen (secondary N) is 2. The van der Waals surface area contributed by atoms with E-state index in [-0.39, 0.29) is 11.3 Å². The average molecular weight is 270 g/mol. The highest BCUT2D eigenvalue weighted by Gasteiger charge is 2.29. The van der Waals surface area contributed by atoms with Crippen LogP contribution in [0.1, 0.15) is 46.5 Å². The Bertz CT molecular complexity index is 318. The molecule has 110 valence electrons. The van der Waals surface area contributed by atoms with Gasteiger partial charge >= 0.3 is 0 Å². The highest BCUT2D eigenvalue weighted by Crippen LogP contribution is 2.32. The van der Waals surface area contributed by atoms with E-state index in [9.17, 15) is 9.59 Å². The number of hydrogen-bond acceptors (Lipinski definition) is 3. The Labute approximate surface area is 115 Å². The van der Waals surface area contributed by atoms with E-state index in [4.69, 9.17) is 5.73 Å². The number of nitrogens with zero attached hydrogens (tertiary/aromatic N) is 1. The number of carbonyl (C=O) groups excluding carboxylic acids is 2. The molecule has 0 aliphatic rings. The number of rotatable bonds is 9. The summed E-state index contributed by atoms with van der Waals surface area (Å²) in [6.45, 7) is 7.18. The normalized spacial score (nSPS) is 14.6. The molecule has 6 nitrogen and oxygen atoms in total. The summed E-state index contributed by atoms with van der Waals surface area (Å²) >= 11 is 0. The van der Waals surface area contributed by atoms with Gasteiger partial charge < -0.3 is 11.1 Å². The Morgan fingerprint density at radius 1 is 1.37 bits per heavy atom. The fourth-order valence-electron chi connectivity index (χ4n) is 2.16. The molecule has 0 aliphatic carbocycles. The van der Waals surface area contributed by atoms with Gasteiger partial charge in [-0.15, -0.1) is 0 Å². The van der Waals surface area contributed by atoms with Gasteiger partial charge in [0.15, 0.2) is 5.96 Å². The number of amides is 2. The second kappa shape index (κ2) is 9.35. The summed E-state index contributed by atoms with van der Waals surface area (Å²) in [5, 5.41) is 5.48. The molecule has 0 spiro atoms. The molecule has 0 bridgehead atoms. The molecule has 1 atom stereocenters. The van der Waals surface area contributed by atoms with E-state index >= 15 is 0 Å². The first-order valence-corrected chi connectivity index (χ1v) is 6.80. The topological polar surface area (TPSA) is 96.6 Å². The van der Waals surface area contributed by atoms with E-state index < -0.39 is 0 Å². The van der Waals surface area contributed by atoms with Crippen LogP contribution in [0.15, 0.2) is 4.99 Å². The number of carbonyl (C=O) groups is 2. The van der Waals surface area contributed by atoms with Crippen molar-refractivity contribution in [3.05, 3.63) is 0 Å². The second-order valence-corrected chi connectivity index (χ2v) is 4.70. The van der Waals surface area contributed by atoms with Crippen molar-refractivity contribution in [2.24, 2.45) is 16.1 Å². The van der Waals surface area contributed by atoms with Crippen molar-refractivity contribution in [3.63, 3.8) is 0 Å². The lowest BCUT2D eigenvalue weighted by Gasteiger charge is -2.30. The number of nitrogens with two attached hydrogens (primary N) is 1. The number of aliphatic imine (C=N–C) groups is 1. The fraction of sp³-hybridized carbons (Fsp3) is 0.769. The van der Waals surface area contributed by atoms with Gasteiger partial charge in [0.1, 0.15) is 0 Å². The summed E-state index contributed by atoms with van der Waals surface area (Å²) in [6.07, 6.45) is 3.59. The van der Waals surface area contributed by atoms with E-state index in [0.29, 0.717) is 31.9 Å². The predicted molar refractivity (Wildman–Crippen MR) is 76.6 cm³/mol. The number of guanidine groups is 1. The molecule has 0 saturated heterocycles. The third kappa shape index (κ3) is 6.79. The van der Waals surface area contributed by atoms with Crippen molar-refractivity contribution < 1.29 is 9.59 Å². The Morgan fingerprint density at radius 3 is 2.47 bits per heavy atom. The van der Waals surface area contributed by atoms with Crippen LogP contribution < -0.4 is 16.4 Å². The van der Waals surface area contributed by atoms with Crippen molar-refractivity contribution in [1.29, 1.82) is 0 Å². The van der Waals surface area contributed by atoms with Gasteiger partial charge in [-0.2, -0.15) is 0 Å². The standard InChI is InChI=1S/C13H26N4O2/c1-4-7-13(5-2,8-11(14)19)9-16-12(15-6-3)17-10-18/h10H,4-9H2,1-3H3,(H2,14,19)(H2,15,16,17,18). The minimum atomic E-state index is -0.307. The van der Waals surface area contributed by atoms with Gasteiger partial charge in [-0.05, 0) is 25.2 Å². The molecule has 0 aromatic rings. The van der Waals surface area contributed by atoms with Crippen molar-refractivity contribution in [3.8, 4) is 0 Å². The van der Waals surface area contributed by atoms with E-state index in [1.807, 2.05) is 13.8 Å². The first-order chi connectivity index (χ1) is 9.03. The van der Waals surface area contributed by atoms with Crippen LogP contribution in [0.2, 0.25) is 0 Å². The molecule has 0 heterocycles. The largest absolute Gasteiger partial charge is 0.370 e. The van der Waals surface area contributed by atoms with Crippen LogP contribution in [0.3, 0.4) is 0 Å². The van der Waals surface area contributed by atoms with Crippen LogP contribution in [-0.2, 0) is 9.59 Å². The first kappa shape index (κ1) is 17.4. The van der Waals surface area contributed by atoms with Crippen LogP contribution >= 0.6 is 0 Å². The molecule has 1 unspecified atom stereocenters. The van der Waals surface area contributed by atoms with Crippen LogP contribution in [0.25, 0.3) is 0 Å². The molecular weight excluding hydrogens is 244 g/mol. The molecule has 0 saturated carbocycles. The quantitative estimate of drug-likeness (QED) is 0.328. The average Bonchev–Trinajstić information content (AvgIpc) is 2.36. The van der Waals surface area contributed by atoms with E-state index in [2.05, 4.69) is 22.5 Å². The molecule has 0 fully saturated rings. The Hall–Kier alpha value is -1.59. The lowest BCUT2D eigenvalue weighted by molar-refractivity contribution is -0.120. The summed E-state index contributed by atoms with van der Waals surface area (Å²) in [6, 6.07) is 0. The molecule has 6 heteroatoms. The van der Waals surface area contributed by atoms with Gasteiger partial charge in [-0.25, -0.2) is 0 Å². The highest BCUT2D eigenvalue weighted by atomic mass is 16.1. The molecule has 0 aromatic heterocycles. The molecule has 4 N–H and O–H groups in total. The summed E-state index contributed by atoms with van der Waals surface area (Å²) < 4.78 is 0. The second-order valence-electron chi connectivity index (χ2n) is 4.70.